The molecule has 9 heteroatoms. The number of hydroxylamine groups is 1. The van der Waals surface area contributed by atoms with Gasteiger partial charge in [0.25, 0.3) is 11.8 Å². The molecule has 0 radical (unpaired) electrons. The molecule has 0 spiro atoms. The molecule has 152 valence electrons. The summed E-state index contributed by atoms with van der Waals surface area (Å²) in [6.45, 7) is 1.57. The van der Waals surface area contributed by atoms with Crippen LogP contribution in [-0.2, 0) is 9.53 Å². The van der Waals surface area contributed by atoms with Crippen LogP contribution < -0.4 is 10.8 Å². The molecule has 2 aromatic rings. The van der Waals surface area contributed by atoms with Gasteiger partial charge in [0, 0.05) is 17.6 Å². The van der Waals surface area contributed by atoms with Crippen molar-refractivity contribution in [2.45, 2.75) is 13.0 Å². The molecule has 0 aliphatic carbocycles. The molecule has 8 nitrogen and oxygen atoms in total. The second kappa shape index (κ2) is 10.00. The highest BCUT2D eigenvalue weighted by Gasteiger charge is 2.24. The molecule has 0 saturated heterocycles. The van der Waals surface area contributed by atoms with Gasteiger partial charge < -0.3 is 9.84 Å². The van der Waals surface area contributed by atoms with Gasteiger partial charge in [0.15, 0.2) is 11.6 Å². The van der Waals surface area contributed by atoms with E-state index in [0.29, 0.717) is 0 Å². The maximum absolute atomic E-state index is 13.8. The van der Waals surface area contributed by atoms with E-state index < -0.39 is 41.5 Å². The minimum atomic E-state index is -1.10. The molecule has 4 N–H and O–H groups in total. The highest BCUT2D eigenvalue weighted by molar-refractivity contribution is 6.02. The lowest BCUT2D eigenvalue weighted by Crippen LogP contribution is -2.33. The number of halogens is 1. The summed E-state index contributed by atoms with van der Waals surface area (Å²) in [6.07, 6.45) is 0.151. The van der Waals surface area contributed by atoms with E-state index in [1.807, 2.05) is 0 Å². The predicted octanol–water partition coefficient (Wildman–Crippen LogP) is 2.84. The first kappa shape index (κ1) is 21.6. The molecule has 3 amide bonds. The molecule has 0 heterocycles. The number of hydrogen-bond acceptors (Lipinski definition) is 6. The number of carbonyl (C=O) groups is 3. The Morgan fingerprint density at radius 2 is 1.83 bits per heavy atom. The normalized spacial score (nSPS) is 12.8. The lowest BCUT2D eigenvalue weighted by molar-refractivity contribution is -0.124. The number of ether oxygens (including phenoxy) is 1. The summed E-state index contributed by atoms with van der Waals surface area (Å²) < 4.78 is 19.1. The maximum Gasteiger partial charge on any atom is 0.414 e. The fourth-order valence-electron chi connectivity index (χ4n) is 2.46. The molecule has 2 rings (SSSR count). The Hall–Kier alpha value is -3.72. The molecule has 0 saturated carbocycles. The molecular formula is C20H19FN2O6. The Kier molecular flexibility index (Phi) is 7.44. The van der Waals surface area contributed by atoms with Gasteiger partial charge in [-0.1, -0.05) is 37.3 Å². The number of aromatic hydroxyl groups is 1. The van der Waals surface area contributed by atoms with Gasteiger partial charge in [-0.3, -0.25) is 20.1 Å². The molecule has 0 unspecified atom stereocenters. The van der Waals surface area contributed by atoms with Crippen LogP contribution in [0.25, 0.3) is 0 Å². The third-order valence-corrected chi connectivity index (χ3v) is 3.92. The van der Waals surface area contributed by atoms with Gasteiger partial charge >= 0.3 is 6.09 Å². The zero-order valence-corrected chi connectivity index (χ0v) is 15.3. The summed E-state index contributed by atoms with van der Waals surface area (Å²) in [5.41, 5.74) is 1.84. The number of rotatable bonds is 6. The summed E-state index contributed by atoms with van der Waals surface area (Å²) in [4.78, 5) is 35.5. The van der Waals surface area contributed by atoms with E-state index in [4.69, 9.17) is 9.94 Å². The molecule has 0 aliphatic rings. The van der Waals surface area contributed by atoms with E-state index in [1.54, 1.807) is 25.1 Å². The Labute approximate surface area is 165 Å². The van der Waals surface area contributed by atoms with Gasteiger partial charge in [-0.2, -0.15) is 0 Å². The molecule has 2 atom stereocenters. The number of imide groups is 1. The third-order valence-electron chi connectivity index (χ3n) is 3.92. The van der Waals surface area contributed by atoms with Gasteiger partial charge in [-0.15, -0.1) is 0 Å². The Morgan fingerprint density at radius 1 is 1.14 bits per heavy atom. The van der Waals surface area contributed by atoms with Gasteiger partial charge in [-0.05, 0) is 29.8 Å². The summed E-state index contributed by atoms with van der Waals surface area (Å²) in [6, 6.07) is 11.4. The number of phenols is 1. The van der Waals surface area contributed by atoms with Crippen molar-refractivity contribution in [3.05, 3.63) is 77.6 Å². The van der Waals surface area contributed by atoms with Crippen molar-refractivity contribution in [3.8, 4) is 5.75 Å². The molecule has 29 heavy (non-hydrogen) atoms. The van der Waals surface area contributed by atoms with Crippen LogP contribution in [0.5, 0.6) is 5.75 Å². The number of alkyl carbamates (subject to hydrolysis) is 1. The summed E-state index contributed by atoms with van der Waals surface area (Å²) >= 11 is 0. The second-order valence-electron chi connectivity index (χ2n) is 6.05. The van der Waals surface area contributed by atoms with Crippen LogP contribution in [0.3, 0.4) is 0 Å². The summed E-state index contributed by atoms with van der Waals surface area (Å²) in [7, 11) is 0. The average molecular weight is 402 g/mol. The van der Waals surface area contributed by atoms with Crippen molar-refractivity contribution in [2.75, 3.05) is 0 Å². The van der Waals surface area contributed by atoms with E-state index in [9.17, 15) is 23.9 Å². The van der Waals surface area contributed by atoms with Gasteiger partial charge in [0.1, 0.15) is 6.10 Å². The number of carbonyl (C=O) groups excluding carboxylic acids is 3. The van der Waals surface area contributed by atoms with Crippen LogP contribution in [0.1, 0.15) is 28.9 Å². The number of nitrogens with one attached hydrogen (secondary N) is 2. The summed E-state index contributed by atoms with van der Waals surface area (Å²) in [5.74, 6) is -3.67. The Morgan fingerprint density at radius 3 is 2.45 bits per heavy atom. The number of benzene rings is 2. The second-order valence-corrected chi connectivity index (χ2v) is 6.05. The van der Waals surface area contributed by atoms with Crippen LogP contribution >= 0.6 is 0 Å². The minimum absolute atomic E-state index is 0.184. The zero-order chi connectivity index (χ0) is 21.4. The van der Waals surface area contributed by atoms with Crippen molar-refractivity contribution < 1.29 is 33.8 Å². The van der Waals surface area contributed by atoms with E-state index in [2.05, 4.69) is 5.32 Å². The quantitative estimate of drug-likeness (QED) is 0.335. The first-order valence-corrected chi connectivity index (χ1v) is 8.49. The fraction of sp³-hybridized carbons (Fsp3) is 0.150. The fourth-order valence-corrected chi connectivity index (χ4v) is 2.46. The van der Waals surface area contributed by atoms with E-state index in [1.165, 1.54) is 29.8 Å². The van der Waals surface area contributed by atoms with Crippen LogP contribution in [0.4, 0.5) is 9.18 Å². The third kappa shape index (κ3) is 6.15. The number of hydrogen-bond donors (Lipinski definition) is 4. The maximum atomic E-state index is 13.8. The lowest BCUT2D eigenvalue weighted by atomic mass is 9.96. The van der Waals surface area contributed by atoms with E-state index in [0.717, 1.165) is 18.2 Å². The van der Waals surface area contributed by atoms with Crippen LogP contribution in [0.2, 0.25) is 0 Å². The topological polar surface area (TPSA) is 125 Å². The van der Waals surface area contributed by atoms with Crippen LogP contribution in [0.15, 0.2) is 60.7 Å². The molecular weight excluding hydrogens is 383 g/mol. The highest BCUT2D eigenvalue weighted by Crippen LogP contribution is 2.30. The van der Waals surface area contributed by atoms with Crippen molar-refractivity contribution in [2.24, 2.45) is 5.92 Å². The van der Waals surface area contributed by atoms with E-state index >= 15 is 0 Å². The van der Waals surface area contributed by atoms with Crippen molar-refractivity contribution in [3.63, 3.8) is 0 Å². The van der Waals surface area contributed by atoms with Crippen LogP contribution in [-0.4, -0.2) is 28.2 Å². The zero-order valence-electron chi connectivity index (χ0n) is 15.3. The molecule has 0 fully saturated rings. The highest BCUT2D eigenvalue weighted by atomic mass is 19.1. The van der Waals surface area contributed by atoms with Gasteiger partial charge in [0.05, 0.1) is 0 Å². The number of amides is 3. The largest absolute Gasteiger partial charge is 0.505 e. The lowest BCUT2D eigenvalue weighted by Gasteiger charge is -2.22. The summed E-state index contributed by atoms with van der Waals surface area (Å²) in [5, 5.41) is 20.0. The predicted molar refractivity (Wildman–Crippen MR) is 99.4 cm³/mol. The van der Waals surface area contributed by atoms with E-state index in [-0.39, 0.29) is 11.1 Å². The van der Waals surface area contributed by atoms with Gasteiger partial charge in [-0.25, -0.2) is 14.7 Å². The standard InChI is InChI=1S/C20H19FN2O6/c1-12(7-10-17(25)23-28)18(14-8-9-16(24)15(21)11-14)29-20(27)22-19(26)13-5-3-2-4-6-13/h2-12,18,24,28H,1H3,(H,23,25)(H,22,26,27)/b10-7+/t12-,18+/m1/s1. The molecule has 0 aromatic heterocycles. The molecule has 0 aliphatic heterocycles. The number of phenolic OH excluding ortho intramolecular Hbond substituents is 1. The Balaban J connectivity index is 2.20. The molecule has 0 bridgehead atoms. The minimum Gasteiger partial charge on any atom is -0.505 e. The van der Waals surface area contributed by atoms with Crippen LogP contribution in [0, 0.1) is 11.7 Å². The monoisotopic (exact) mass is 402 g/mol. The molecule has 2 aromatic carbocycles. The Bertz CT molecular complexity index is 916. The average Bonchev–Trinajstić information content (AvgIpc) is 2.72. The van der Waals surface area contributed by atoms with Crippen molar-refractivity contribution >= 4 is 17.9 Å². The smallest absolute Gasteiger partial charge is 0.414 e. The first-order valence-electron chi connectivity index (χ1n) is 8.49. The first-order chi connectivity index (χ1) is 13.8. The van der Waals surface area contributed by atoms with Gasteiger partial charge in [0.2, 0.25) is 0 Å². The van der Waals surface area contributed by atoms with Crippen molar-refractivity contribution in [1.29, 1.82) is 0 Å². The van der Waals surface area contributed by atoms with Crippen molar-refractivity contribution in [1.82, 2.24) is 10.8 Å². The SMILES string of the molecule is C[C@H](/C=C/C(=O)NO)[C@H](OC(=O)NC(=O)c1ccccc1)c1ccc(O)c(F)c1.